The van der Waals surface area contributed by atoms with Gasteiger partial charge in [-0.2, -0.15) is 0 Å². The summed E-state index contributed by atoms with van der Waals surface area (Å²) in [7, 11) is 0. The van der Waals surface area contributed by atoms with Crippen molar-refractivity contribution in [2.45, 2.75) is 6.10 Å². The highest BCUT2D eigenvalue weighted by Gasteiger charge is 2.44. The van der Waals surface area contributed by atoms with Crippen molar-refractivity contribution in [3.63, 3.8) is 0 Å². The van der Waals surface area contributed by atoms with Gasteiger partial charge in [-0.05, 0) is 36.0 Å². The highest BCUT2D eigenvalue weighted by Crippen LogP contribution is 2.47. The van der Waals surface area contributed by atoms with Gasteiger partial charge in [0, 0.05) is 18.1 Å². The molecule has 0 radical (unpaired) electrons. The first kappa shape index (κ1) is 13.9. The van der Waals surface area contributed by atoms with Gasteiger partial charge in [0.15, 0.2) is 0 Å². The van der Waals surface area contributed by atoms with Crippen LogP contribution in [0, 0.1) is 33.8 Å². The molecule has 0 spiro atoms. The van der Waals surface area contributed by atoms with Crippen LogP contribution >= 0.6 is 0 Å². The number of allylic oxidation sites excluding steroid dienone is 4. The van der Waals surface area contributed by atoms with Crippen molar-refractivity contribution in [2.24, 2.45) is 23.7 Å². The van der Waals surface area contributed by atoms with Crippen LogP contribution in [0.4, 0.5) is 5.69 Å². The summed E-state index contributed by atoms with van der Waals surface area (Å²) in [4.78, 5) is 22.5. The predicted octanol–water partition coefficient (Wildman–Crippen LogP) is 3.29. The van der Waals surface area contributed by atoms with Gasteiger partial charge in [0.25, 0.3) is 5.69 Å². The van der Waals surface area contributed by atoms with E-state index in [1.807, 2.05) is 6.08 Å². The molecule has 5 heteroatoms. The molecular weight excluding hydrogens is 294 g/mol. The first-order chi connectivity index (χ1) is 11.1. The second kappa shape index (κ2) is 5.19. The number of nitro benzene ring substituents is 1. The van der Waals surface area contributed by atoms with Crippen LogP contribution in [0.2, 0.25) is 0 Å². The summed E-state index contributed by atoms with van der Waals surface area (Å²) in [5, 5.41) is 10.7. The Hall–Kier alpha value is -2.69. The zero-order valence-corrected chi connectivity index (χ0v) is 12.2. The van der Waals surface area contributed by atoms with Crippen LogP contribution in [-0.4, -0.2) is 17.0 Å². The van der Waals surface area contributed by atoms with Crippen LogP contribution in [0.1, 0.15) is 10.4 Å². The molecule has 0 amide bonds. The number of rotatable bonds is 3. The topological polar surface area (TPSA) is 69.4 Å². The Kier molecular flexibility index (Phi) is 3.15. The van der Waals surface area contributed by atoms with Crippen molar-refractivity contribution in [1.29, 1.82) is 0 Å². The SMILES string of the molecule is O=C(O[C@@H]1C=CC2C=CC3C=CC1[C@@H]32)c1ccc([N+](=O)[O-])cc1. The lowest BCUT2D eigenvalue weighted by atomic mass is 9.76. The van der Waals surface area contributed by atoms with Crippen LogP contribution in [0.5, 0.6) is 0 Å². The van der Waals surface area contributed by atoms with Crippen molar-refractivity contribution in [3.8, 4) is 0 Å². The monoisotopic (exact) mass is 309 g/mol. The molecule has 0 fully saturated rings. The third-order valence-electron chi connectivity index (χ3n) is 4.90. The maximum atomic E-state index is 12.3. The van der Waals surface area contributed by atoms with Gasteiger partial charge in [-0.25, -0.2) is 4.79 Å². The van der Waals surface area contributed by atoms with Gasteiger partial charge >= 0.3 is 5.97 Å². The molecule has 1 aromatic rings. The molecule has 0 saturated heterocycles. The minimum Gasteiger partial charge on any atom is -0.454 e. The van der Waals surface area contributed by atoms with E-state index < -0.39 is 10.9 Å². The van der Waals surface area contributed by atoms with E-state index in [4.69, 9.17) is 4.74 Å². The number of non-ortho nitro benzene ring substituents is 1. The summed E-state index contributed by atoms with van der Waals surface area (Å²) >= 11 is 0. The quantitative estimate of drug-likeness (QED) is 0.372. The standard InChI is InChI=1S/C18H15NO4/c20-18(13-3-7-14(8-4-13)19(21)22)23-16-10-6-12-2-1-11-5-9-15(16)17(11)12/h1-12,15-17H/t11?,12?,15?,16-,17+/m1/s1. The van der Waals surface area contributed by atoms with E-state index in [1.165, 1.54) is 24.3 Å². The van der Waals surface area contributed by atoms with Crippen molar-refractivity contribution < 1.29 is 14.5 Å². The maximum Gasteiger partial charge on any atom is 0.338 e. The first-order valence-electron chi connectivity index (χ1n) is 7.64. The first-order valence-corrected chi connectivity index (χ1v) is 7.64. The Morgan fingerprint density at radius 2 is 1.57 bits per heavy atom. The number of nitrogens with zero attached hydrogens (tertiary/aromatic N) is 1. The van der Waals surface area contributed by atoms with Crippen LogP contribution in [0.25, 0.3) is 0 Å². The fraction of sp³-hybridized carbons (Fsp3) is 0.278. The number of hydrogen-bond acceptors (Lipinski definition) is 4. The second-order valence-corrected chi connectivity index (χ2v) is 6.14. The van der Waals surface area contributed by atoms with E-state index in [2.05, 4.69) is 30.4 Å². The summed E-state index contributed by atoms with van der Waals surface area (Å²) < 4.78 is 5.64. The average molecular weight is 309 g/mol. The van der Waals surface area contributed by atoms with Gasteiger partial charge in [0.2, 0.25) is 0 Å². The Labute approximate surface area is 133 Å². The van der Waals surface area contributed by atoms with E-state index in [0.29, 0.717) is 23.3 Å². The fourth-order valence-corrected chi connectivity index (χ4v) is 3.78. The number of hydrogen-bond donors (Lipinski definition) is 0. The van der Waals surface area contributed by atoms with Crippen molar-refractivity contribution in [3.05, 3.63) is 76.4 Å². The molecule has 0 bridgehead atoms. The van der Waals surface area contributed by atoms with Gasteiger partial charge in [-0.3, -0.25) is 10.1 Å². The lowest BCUT2D eigenvalue weighted by Crippen LogP contribution is -2.34. The molecule has 116 valence electrons. The summed E-state index contributed by atoms with van der Waals surface area (Å²) in [6.07, 6.45) is 12.6. The van der Waals surface area contributed by atoms with Gasteiger partial charge in [-0.1, -0.05) is 30.4 Å². The van der Waals surface area contributed by atoms with Crippen LogP contribution in [0.15, 0.2) is 60.7 Å². The molecule has 0 aromatic heterocycles. The Morgan fingerprint density at radius 1 is 0.957 bits per heavy atom. The minimum atomic E-state index is -0.490. The lowest BCUT2D eigenvalue weighted by Gasteiger charge is -2.33. The number of carbonyl (C=O) groups excluding carboxylic acids is 1. The Balaban J connectivity index is 1.50. The fourth-order valence-electron chi connectivity index (χ4n) is 3.78. The van der Waals surface area contributed by atoms with E-state index in [9.17, 15) is 14.9 Å². The number of esters is 1. The van der Waals surface area contributed by atoms with Crippen LogP contribution in [-0.2, 0) is 4.74 Å². The molecule has 0 aliphatic heterocycles. The number of nitro groups is 1. The van der Waals surface area contributed by atoms with E-state index in [0.717, 1.165) is 0 Å². The molecule has 3 aliphatic carbocycles. The van der Waals surface area contributed by atoms with Gasteiger partial charge in [0.05, 0.1) is 10.5 Å². The third kappa shape index (κ3) is 2.29. The number of carbonyl (C=O) groups is 1. The minimum absolute atomic E-state index is 0.0412. The van der Waals surface area contributed by atoms with Crippen molar-refractivity contribution >= 4 is 11.7 Å². The van der Waals surface area contributed by atoms with Gasteiger partial charge < -0.3 is 4.74 Å². The molecule has 1 aromatic carbocycles. The summed E-state index contributed by atoms with van der Waals surface area (Å²) in [6, 6.07) is 5.49. The largest absolute Gasteiger partial charge is 0.454 e. The van der Waals surface area contributed by atoms with Gasteiger partial charge in [0.1, 0.15) is 6.10 Å². The zero-order valence-electron chi connectivity index (χ0n) is 12.2. The maximum absolute atomic E-state index is 12.3. The van der Waals surface area contributed by atoms with E-state index >= 15 is 0 Å². The Bertz CT molecular complexity index is 747. The van der Waals surface area contributed by atoms with E-state index in [-0.39, 0.29) is 17.7 Å². The van der Waals surface area contributed by atoms with Crippen LogP contribution < -0.4 is 0 Å². The highest BCUT2D eigenvalue weighted by molar-refractivity contribution is 5.89. The highest BCUT2D eigenvalue weighted by atomic mass is 16.6. The zero-order chi connectivity index (χ0) is 16.0. The molecular formula is C18H15NO4. The molecule has 4 rings (SSSR count). The Morgan fingerprint density at radius 3 is 2.22 bits per heavy atom. The molecule has 23 heavy (non-hydrogen) atoms. The second-order valence-electron chi connectivity index (χ2n) is 6.14. The summed E-state index contributed by atoms with van der Waals surface area (Å²) in [5.41, 5.74) is 0.287. The molecule has 5 atom stereocenters. The van der Waals surface area contributed by atoms with Crippen LogP contribution in [0.3, 0.4) is 0 Å². The predicted molar refractivity (Wildman–Crippen MR) is 83.7 cm³/mol. The van der Waals surface area contributed by atoms with E-state index in [1.54, 1.807) is 0 Å². The molecule has 5 nitrogen and oxygen atoms in total. The lowest BCUT2D eigenvalue weighted by molar-refractivity contribution is -0.384. The normalized spacial score (nSPS) is 32.8. The number of benzene rings is 1. The molecule has 0 saturated carbocycles. The number of ether oxygens (including phenoxy) is 1. The average Bonchev–Trinajstić information content (AvgIpc) is 3.16. The molecule has 0 heterocycles. The van der Waals surface area contributed by atoms with Gasteiger partial charge in [-0.15, -0.1) is 0 Å². The molecule has 3 aliphatic rings. The smallest absolute Gasteiger partial charge is 0.338 e. The summed E-state index contributed by atoms with van der Waals surface area (Å²) in [6.45, 7) is 0. The summed E-state index contributed by atoms with van der Waals surface area (Å²) in [5.74, 6) is 1.07. The molecule has 0 N–H and O–H groups in total. The molecule has 3 unspecified atom stereocenters. The van der Waals surface area contributed by atoms with Crippen molar-refractivity contribution in [1.82, 2.24) is 0 Å². The third-order valence-corrected chi connectivity index (χ3v) is 4.90. The van der Waals surface area contributed by atoms with Crippen molar-refractivity contribution in [2.75, 3.05) is 0 Å².